The maximum atomic E-state index is 12.4. The van der Waals surface area contributed by atoms with Gasteiger partial charge in [0, 0.05) is 18.2 Å². The smallest absolute Gasteiger partial charge is 0.258 e. The molecule has 114 valence electrons. The Kier molecular flexibility index (Phi) is 4.82. The van der Waals surface area contributed by atoms with E-state index in [0.29, 0.717) is 23.9 Å². The van der Waals surface area contributed by atoms with Crippen molar-refractivity contribution < 1.29 is 8.42 Å². The van der Waals surface area contributed by atoms with Crippen LogP contribution in [-0.2, 0) is 16.6 Å². The largest absolute Gasteiger partial charge is 0.316 e. The summed E-state index contributed by atoms with van der Waals surface area (Å²) < 4.78 is 27.7. The van der Waals surface area contributed by atoms with Gasteiger partial charge in [0.2, 0.25) is 0 Å². The van der Waals surface area contributed by atoms with Gasteiger partial charge in [0.05, 0.1) is 6.20 Å². The zero-order valence-electron chi connectivity index (χ0n) is 12.3. The first-order chi connectivity index (χ1) is 9.44. The van der Waals surface area contributed by atoms with Gasteiger partial charge in [-0.2, -0.15) is 5.10 Å². The van der Waals surface area contributed by atoms with Crippen LogP contribution in [0.1, 0.15) is 38.7 Å². The minimum atomic E-state index is -3.52. The maximum Gasteiger partial charge on any atom is 0.258 e. The highest BCUT2D eigenvalue weighted by Gasteiger charge is 2.29. The first-order valence-corrected chi connectivity index (χ1v) is 8.61. The molecular weight excluding hydrogens is 276 g/mol. The van der Waals surface area contributed by atoms with Crippen LogP contribution in [-0.4, -0.2) is 31.7 Å². The fourth-order valence-corrected chi connectivity index (χ4v) is 4.19. The predicted molar refractivity (Wildman–Crippen MR) is 77.6 cm³/mol. The van der Waals surface area contributed by atoms with Crippen molar-refractivity contribution in [3.63, 3.8) is 0 Å². The molecule has 0 amide bonds. The van der Waals surface area contributed by atoms with Crippen LogP contribution in [0.15, 0.2) is 11.2 Å². The van der Waals surface area contributed by atoms with Gasteiger partial charge < -0.3 is 5.32 Å². The molecule has 0 bridgehead atoms. The van der Waals surface area contributed by atoms with Crippen LogP contribution in [0.3, 0.4) is 0 Å². The number of rotatable bonds is 5. The quantitative estimate of drug-likeness (QED) is 0.763. The molecule has 0 radical (unpaired) electrons. The zero-order chi connectivity index (χ0) is 14.8. The summed E-state index contributed by atoms with van der Waals surface area (Å²) in [7, 11) is -1.74. The molecule has 1 heterocycles. The SMILES string of the molecule is CNCc1cn[nH]c1S(=O)(=O)NC1CCC(C)C(C)C1. The second-order valence-electron chi connectivity index (χ2n) is 5.84. The molecule has 1 aromatic rings. The highest BCUT2D eigenvalue weighted by Crippen LogP contribution is 2.30. The van der Waals surface area contributed by atoms with E-state index in [1.807, 2.05) is 0 Å². The van der Waals surface area contributed by atoms with E-state index in [1.54, 1.807) is 13.2 Å². The number of H-pyrrole nitrogens is 1. The van der Waals surface area contributed by atoms with Crippen LogP contribution in [0.4, 0.5) is 0 Å². The molecule has 0 aromatic carbocycles. The van der Waals surface area contributed by atoms with E-state index in [1.165, 1.54) is 0 Å². The number of nitrogens with zero attached hydrogens (tertiary/aromatic N) is 1. The molecule has 0 spiro atoms. The Bertz CT molecular complexity index is 540. The summed E-state index contributed by atoms with van der Waals surface area (Å²) in [5, 5.41) is 9.57. The summed E-state index contributed by atoms with van der Waals surface area (Å²) in [6.45, 7) is 4.90. The molecule has 1 saturated carbocycles. The summed E-state index contributed by atoms with van der Waals surface area (Å²) in [6.07, 6.45) is 4.42. The van der Waals surface area contributed by atoms with Crippen molar-refractivity contribution in [2.75, 3.05) is 7.05 Å². The Morgan fingerprint density at radius 2 is 2.10 bits per heavy atom. The molecule has 0 aliphatic heterocycles. The Balaban J connectivity index is 2.09. The van der Waals surface area contributed by atoms with E-state index >= 15 is 0 Å². The van der Waals surface area contributed by atoms with Gasteiger partial charge in [0.15, 0.2) is 5.03 Å². The molecule has 1 aliphatic rings. The van der Waals surface area contributed by atoms with Gasteiger partial charge in [0.1, 0.15) is 0 Å². The summed E-state index contributed by atoms with van der Waals surface area (Å²) in [4.78, 5) is 0. The van der Waals surface area contributed by atoms with Crippen molar-refractivity contribution in [3.8, 4) is 0 Å². The number of aromatic nitrogens is 2. The normalized spacial score (nSPS) is 27.6. The second-order valence-corrected chi connectivity index (χ2v) is 7.49. The Hall–Kier alpha value is -0.920. The van der Waals surface area contributed by atoms with Gasteiger partial charge >= 0.3 is 0 Å². The molecule has 1 aliphatic carbocycles. The minimum absolute atomic E-state index is 0.0249. The Labute approximate surface area is 120 Å². The summed E-state index contributed by atoms with van der Waals surface area (Å²) in [5.74, 6) is 1.22. The van der Waals surface area contributed by atoms with Crippen molar-refractivity contribution >= 4 is 10.0 Å². The molecule has 1 aromatic heterocycles. The van der Waals surface area contributed by atoms with Crippen molar-refractivity contribution in [1.29, 1.82) is 0 Å². The van der Waals surface area contributed by atoms with Crippen LogP contribution < -0.4 is 10.0 Å². The second kappa shape index (κ2) is 6.24. The average molecular weight is 300 g/mol. The van der Waals surface area contributed by atoms with Gasteiger partial charge in [0.25, 0.3) is 10.0 Å². The number of sulfonamides is 1. The number of hydrogen-bond acceptors (Lipinski definition) is 4. The lowest BCUT2D eigenvalue weighted by atomic mass is 9.79. The molecule has 6 nitrogen and oxygen atoms in total. The highest BCUT2D eigenvalue weighted by molar-refractivity contribution is 7.89. The first kappa shape index (κ1) is 15.5. The van der Waals surface area contributed by atoms with Crippen LogP contribution in [0, 0.1) is 11.8 Å². The Morgan fingerprint density at radius 3 is 2.75 bits per heavy atom. The van der Waals surface area contributed by atoms with E-state index in [-0.39, 0.29) is 11.1 Å². The lowest BCUT2D eigenvalue weighted by Gasteiger charge is -2.32. The highest BCUT2D eigenvalue weighted by atomic mass is 32.2. The van der Waals surface area contributed by atoms with E-state index in [9.17, 15) is 8.42 Å². The van der Waals surface area contributed by atoms with Crippen molar-refractivity contribution in [2.45, 2.75) is 50.7 Å². The molecule has 20 heavy (non-hydrogen) atoms. The molecular formula is C13H24N4O2S. The standard InChI is InChI=1S/C13H24N4O2S/c1-9-4-5-12(6-10(9)2)17-20(18,19)13-11(7-14-3)8-15-16-13/h8-10,12,14,17H,4-7H2,1-3H3,(H,15,16). The molecule has 2 rings (SSSR count). The van der Waals surface area contributed by atoms with Gasteiger partial charge in [-0.3, -0.25) is 5.10 Å². The lowest BCUT2D eigenvalue weighted by Crippen LogP contribution is -2.40. The van der Waals surface area contributed by atoms with E-state index < -0.39 is 10.0 Å². The molecule has 7 heteroatoms. The maximum absolute atomic E-state index is 12.4. The number of hydrogen-bond donors (Lipinski definition) is 3. The third-order valence-electron chi connectivity index (χ3n) is 4.23. The topological polar surface area (TPSA) is 86.9 Å². The fourth-order valence-electron chi connectivity index (χ4n) is 2.78. The van der Waals surface area contributed by atoms with Crippen LogP contribution in [0.5, 0.6) is 0 Å². The van der Waals surface area contributed by atoms with E-state index in [2.05, 4.69) is 34.1 Å². The molecule has 3 atom stereocenters. The van der Waals surface area contributed by atoms with E-state index in [4.69, 9.17) is 0 Å². The molecule has 1 fully saturated rings. The lowest BCUT2D eigenvalue weighted by molar-refractivity contribution is 0.241. The summed E-state index contributed by atoms with van der Waals surface area (Å²) in [5.41, 5.74) is 0.664. The zero-order valence-corrected chi connectivity index (χ0v) is 13.1. The molecule has 3 unspecified atom stereocenters. The first-order valence-electron chi connectivity index (χ1n) is 7.13. The van der Waals surface area contributed by atoms with Crippen molar-refractivity contribution in [1.82, 2.24) is 20.2 Å². The number of aromatic amines is 1. The summed E-state index contributed by atoms with van der Waals surface area (Å²) in [6, 6.07) is 0.0249. The van der Waals surface area contributed by atoms with Crippen molar-refractivity contribution in [3.05, 3.63) is 11.8 Å². The number of nitrogens with one attached hydrogen (secondary N) is 3. The van der Waals surface area contributed by atoms with Gasteiger partial charge in [-0.05, 0) is 38.1 Å². The van der Waals surface area contributed by atoms with E-state index in [0.717, 1.165) is 19.3 Å². The van der Waals surface area contributed by atoms with Gasteiger partial charge in [-0.1, -0.05) is 13.8 Å². The molecule has 3 N–H and O–H groups in total. The minimum Gasteiger partial charge on any atom is -0.316 e. The van der Waals surface area contributed by atoms with Gasteiger partial charge in [-0.15, -0.1) is 0 Å². The predicted octanol–water partition coefficient (Wildman–Crippen LogP) is 1.23. The average Bonchev–Trinajstić information content (AvgIpc) is 2.83. The molecule has 0 saturated heterocycles. The third-order valence-corrected chi connectivity index (χ3v) is 5.77. The van der Waals surface area contributed by atoms with Crippen LogP contribution in [0.25, 0.3) is 0 Å². The van der Waals surface area contributed by atoms with Crippen molar-refractivity contribution in [2.24, 2.45) is 11.8 Å². The van der Waals surface area contributed by atoms with Crippen LogP contribution in [0.2, 0.25) is 0 Å². The monoisotopic (exact) mass is 300 g/mol. The third kappa shape index (κ3) is 3.39. The van der Waals surface area contributed by atoms with Crippen LogP contribution >= 0.6 is 0 Å². The fraction of sp³-hybridized carbons (Fsp3) is 0.769. The summed E-state index contributed by atoms with van der Waals surface area (Å²) >= 11 is 0. The van der Waals surface area contributed by atoms with Gasteiger partial charge in [-0.25, -0.2) is 13.1 Å². The Morgan fingerprint density at radius 1 is 1.35 bits per heavy atom.